The van der Waals surface area contributed by atoms with Gasteiger partial charge in [0.2, 0.25) is 17.6 Å². The van der Waals surface area contributed by atoms with E-state index in [-0.39, 0.29) is 17.6 Å². The molecule has 1 aliphatic rings. The first-order valence-electron chi connectivity index (χ1n) is 9.98. The number of nitrogens with zero attached hydrogens (tertiary/aromatic N) is 4. The first-order chi connectivity index (χ1) is 15.1. The lowest BCUT2D eigenvalue weighted by Crippen LogP contribution is -2.39. The molecular formula is C22H19FN4O3S. The minimum absolute atomic E-state index is 0.0866. The summed E-state index contributed by atoms with van der Waals surface area (Å²) in [5.41, 5.74) is 0.882. The Labute approximate surface area is 181 Å². The highest BCUT2D eigenvalue weighted by atomic mass is 32.1. The van der Waals surface area contributed by atoms with Gasteiger partial charge in [0.05, 0.1) is 10.8 Å². The summed E-state index contributed by atoms with van der Waals surface area (Å²) in [7, 11) is 0. The quantitative estimate of drug-likeness (QED) is 0.450. The lowest BCUT2D eigenvalue weighted by molar-refractivity contribution is 0.0688. The van der Waals surface area contributed by atoms with E-state index in [9.17, 15) is 9.18 Å². The van der Waals surface area contributed by atoms with Crippen molar-refractivity contribution in [2.45, 2.75) is 25.7 Å². The number of hydrogen-bond donors (Lipinski definition) is 0. The maximum Gasteiger partial charge on any atom is 0.276 e. The smallest absolute Gasteiger partial charge is 0.276 e. The standard InChI is InChI=1S/C22H19FN4O3S/c1-13-18(24-21(29-13)17-8-4-10-31-17)22(28)27-9-3-6-15(12-27)20-25-19(26-30-20)14-5-2-7-16(23)11-14/h2,4-5,7-8,10-11,15H,3,6,9,12H2,1H3. The van der Waals surface area contributed by atoms with Crippen molar-refractivity contribution in [3.05, 3.63) is 64.9 Å². The summed E-state index contributed by atoms with van der Waals surface area (Å²) >= 11 is 1.51. The number of benzene rings is 1. The number of thiophene rings is 1. The average Bonchev–Trinajstić information content (AvgIpc) is 3.54. The van der Waals surface area contributed by atoms with Crippen LogP contribution in [0.15, 0.2) is 50.7 Å². The van der Waals surface area contributed by atoms with Crippen molar-refractivity contribution in [1.29, 1.82) is 0 Å². The van der Waals surface area contributed by atoms with Crippen molar-refractivity contribution >= 4 is 17.2 Å². The molecule has 1 aromatic carbocycles. The highest BCUT2D eigenvalue weighted by Crippen LogP contribution is 2.30. The summed E-state index contributed by atoms with van der Waals surface area (Å²) < 4.78 is 24.7. The highest BCUT2D eigenvalue weighted by molar-refractivity contribution is 7.13. The number of oxazole rings is 1. The van der Waals surface area contributed by atoms with Crippen LogP contribution in [0.4, 0.5) is 4.39 Å². The molecule has 1 atom stereocenters. The van der Waals surface area contributed by atoms with E-state index in [4.69, 9.17) is 8.94 Å². The number of hydrogen-bond acceptors (Lipinski definition) is 7. The molecule has 0 radical (unpaired) electrons. The Morgan fingerprint density at radius 3 is 2.97 bits per heavy atom. The number of carbonyl (C=O) groups is 1. The molecular weight excluding hydrogens is 419 g/mol. The Kier molecular flexibility index (Phi) is 5.11. The van der Waals surface area contributed by atoms with Crippen LogP contribution < -0.4 is 0 Å². The van der Waals surface area contributed by atoms with Gasteiger partial charge in [-0.05, 0) is 43.3 Å². The second kappa shape index (κ2) is 8.07. The van der Waals surface area contributed by atoms with E-state index in [1.54, 1.807) is 24.0 Å². The monoisotopic (exact) mass is 438 g/mol. The molecule has 4 aromatic rings. The van der Waals surface area contributed by atoms with E-state index in [2.05, 4.69) is 15.1 Å². The first-order valence-corrected chi connectivity index (χ1v) is 10.9. The molecule has 0 N–H and O–H groups in total. The highest BCUT2D eigenvalue weighted by Gasteiger charge is 2.31. The summed E-state index contributed by atoms with van der Waals surface area (Å²) in [6.07, 6.45) is 1.63. The Morgan fingerprint density at radius 2 is 2.16 bits per heavy atom. The lowest BCUT2D eigenvalue weighted by Gasteiger charge is -2.30. The van der Waals surface area contributed by atoms with Gasteiger partial charge in [0.1, 0.15) is 11.6 Å². The SMILES string of the molecule is Cc1oc(-c2cccs2)nc1C(=O)N1CCCC(c2nc(-c3cccc(F)c3)no2)C1. The van der Waals surface area contributed by atoms with E-state index in [1.807, 2.05) is 17.5 Å². The molecule has 1 unspecified atom stereocenters. The van der Waals surface area contributed by atoms with Gasteiger partial charge in [0.15, 0.2) is 5.69 Å². The predicted molar refractivity (Wildman–Crippen MR) is 112 cm³/mol. The summed E-state index contributed by atoms with van der Waals surface area (Å²) in [6, 6.07) is 9.89. The van der Waals surface area contributed by atoms with Crippen LogP contribution in [0.25, 0.3) is 22.2 Å². The fourth-order valence-corrected chi connectivity index (χ4v) is 4.41. The molecule has 7 nitrogen and oxygen atoms in total. The maximum atomic E-state index is 13.5. The number of rotatable bonds is 4. The van der Waals surface area contributed by atoms with Gasteiger partial charge < -0.3 is 13.8 Å². The zero-order valence-corrected chi connectivity index (χ0v) is 17.6. The van der Waals surface area contributed by atoms with Crippen LogP contribution in [0.5, 0.6) is 0 Å². The molecule has 31 heavy (non-hydrogen) atoms. The number of aromatic nitrogens is 3. The minimum atomic E-state index is -0.358. The molecule has 3 aromatic heterocycles. The zero-order valence-electron chi connectivity index (χ0n) is 16.7. The van der Waals surface area contributed by atoms with Gasteiger partial charge in [-0.1, -0.05) is 23.4 Å². The molecule has 1 amide bonds. The van der Waals surface area contributed by atoms with Crippen LogP contribution >= 0.6 is 11.3 Å². The molecule has 1 fully saturated rings. The number of carbonyl (C=O) groups excluding carboxylic acids is 1. The summed E-state index contributed by atoms with van der Waals surface area (Å²) in [5, 5.41) is 5.93. The topological polar surface area (TPSA) is 85.3 Å². The van der Waals surface area contributed by atoms with Gasteiger partial charge in [0.25, 0.3) is 5.91 Å². The number of aryl methyl sites for hydroxylation is 1. The van der Waals surface area contributed by atoms with Crippen LogP contribution in [-0.4, -0.2) is 39.0 Å². The van der Waals surface area contributed by atoms with Crippen molar-refractivity contribution in [3.63, 3.8) is 0 Å². The normalized spacial score (nSPS) is 16.6. The van der Waals surface area contributed by atoms with Crippen molar-refractivity contribution in [2.75, 3.05) is 13.1 Å². The molecule has 0 saturated carbocycles. The van der Waals surface area contributed by atoms with Crippen LogP contribution in [0.2, 0.25) is 0 Å². The van der Waals surface area contributed by atoms with Crippen LogP contribution in [-0.2, 0) is 0 Å². The van der Waals surface area contributed by atoms with Crippen LogP contribution in [0, 0.1) is 12.7 Å². The third kappa shape index (κ3) is 3.88. The summed E-state index contributed by atoms with van der Waals surface area (Å²) in [5.74, 6) is 1.14. The molecule has 0 spiro atoms. The first kappa shape index (κ1) is 19.6. The minimum Gasteiger partial charge on any atom is -0.440 e. The molecule has 4 heterocycles. The van der Waals surface area contributed by atoms with E-state index in [1.165, 1.54) is 23.5 Å². The molecule has 9 heteroatoms. The fourth-order valence-electron chi connectivity index (χ4n) is 3.76. The number of likely N-dealkylation sites (tertiary alicyclic amines) is 1. The van der Waals surface area contributed by atoms with Crippen LogP contribution in [0.1, 0.15) is 40.9 Å². The van der Waals surface area contributed by atoms with Gasteiger partial charge in [0, 0.05) is 18.7 Å². The van der Waals surface area contributed by atoms with Gasteiger partial charge >= 0.3 is 0 Å². The maximum absolute atomic E-state index is 13.5. The van der Waals surface area contributed by atoms with Crippen molar-refractivity contribution in [2.24, 2.45) is 0 Å². The predicted octanol–water partition coefficient (Wildman–Crippen LogP) is 4.92. The Balaban J connectivity index is 1.33. The molecule has 158 valence electrons. The number of amides is 1. The number of piperidine rings is 1. The van der Waals surface area contributed by atoms with Crippen LogP contribution in [0.3, 0.4) is 0 Å². The molecule has 0 bridgehead atoms. The zero-order chi connectivity index (χ0) is 21.4. The average molecular weight is 438 g/mol. The molecule has 1 aliphatic heterocycles. The van der Waals surface area contributed by atoms with Gasteiger partial charge in [-0.15, -0.1) is 11.3 Å². The largest absolute Gasteiger partial charge is 0.440 e. The number of halogens is 1. The van der Waals surface area contributed by atoms with Crippen molar-refractivity contribution in [1.82, 2.24) is 20.0 Å². The Morgan fingerprint density at radius 1 is 1.26 bits per heavy atom. The Bertz CT molecular complexity index is 1220. The van der Waals surface area contributed by atoms with Crippen molar-refractivity contribution < 1.29 is 18.1 Å². The molecule has 0 aliphatic carbocycles. The van der Waals surface area contributed by atoms with Gasteiger partial charge in [-0.25, -0.2) is 9.37 Å². The van der Waals surface area contributed by atoms with E-state index in [0.29, 0.717) is 47.7 Å². The summed E-state index contributed by atoms with van der Waals surface area (Å²) in [4.78, 5) is 24.7. The van der Waals surface area contributed by atoms with E-state index >= 15 is 0 Å². The molecule has 5 rings (SSSR count). The molecule has 1 saturated heterocycles. The summed E-state index contributed by atoms with van der Waals surface area (Å²) in [6.45, 7) is 2.83. The third-order valence-electron chi connectivity index (χ3n) is 5.31. The van der Waals surface area contributed by atoms with E-state index in [0.717, 1.165) is 17.7 Å². The van der Waals surface area contributed by atoms with Crippen molar-refractivity contribution in [3.8, 4) is 22.2 Å². The second-order valence-corrected chi connectivity index (χ2v) is 8.41. The Hall–Kier alpha value is -3.33. The lowest BCUT2D eigenvalue weighted by atomic mass is 9.97. The van der Waals surface area contributed by atoms with Gasteiger partial charge in [-0.2, -0.15) is 4.98 Å². The third-order valence-corrected chi connectivity index (χ3v) is 6.17. The fraction of sp³-hybridized carbons (Fsp3) is 0.273. The second-order valence-electron chi connectivity index (χ2n) is 7.46. The van der Waals surface area contributed by atoms with E-state index < -0.39 is 0 Å². The van der Waals surface area contributed by atoms with Gasteiger partial charge in [-0.3, -0.25) is 4.79 Å².